The highest BCUT2D eigenvalue weighted by molar-refractivity contribution is 7.92. The fourth-order valence-electron chi connectivity index (χ4n) is 1.55. The molecule has 1 amide bonds. The maximum atomic E-state index is 13.5. The number of carbonyl (C=O) groups excluding carboxylic acids is 1. The summed E-state index contributed by atoms with van der Waals surface area (Å²) in [5, 5.41) is 1.33. The number of hydrogen-bond donors (Lipinski definition) is 1. The number of sulfone groups is 1. The van der Waals surface area contributed by atoms with E-state index >= 15 is 0 Å². The summed E-state index contributed by atoms with van der Waals surface area (Å²) in [6.07, 6.45) is 1.75. The third-order valence-corrected chi connectivity index (χ3v) is 4.99. The molecule has 1 atom stereocenters. The monoisotopic (exact) mass is 271 g/mol. The Kier molecular flexibility index (Phi) is 3.38. The molecule has 0 bridgehead atoms. The van der Waals surface area contributed by atoms with Gasteiger partial charge in [0.15, 0.2) is 9.84 Å². The van der Waals surface area contributed by atoms with E-state index in [1.165, 1.54) is 25.1 Å². The van der Waals surface area contributed by atoms with E-state index in [4.69, 9.17) is 0 Å². The maximum absolute atomic E-state index is 13.5. The minimum atomic E-state index is -3.97. The summed E-state index contributed by atoms with van der Waals surface area (Å²) in [6.45, 7) is 1.28. The Morgan fingerprint density at radius 1 is 1.39 bits per heavy atom. The molecule has 0 radical (unpaired) electrons. The Labute approximate surface area is 105 Å². The summed E-state index contributed by atoms with van der Waals surface area (Å²) in [7, 11) is -3.97. The first-order chi connectivity index (χ1) is 8.43. The van der Waals surface area contributed by atoms with Crippen LogP contribution in [0.25, 0.3) is 0 Å². The Balaban J connectivity index is 2.24. The second kappa shape index (κ2) is 4.68. The SMILES string of the molecule is CC(C(=O)NC1CC1)S(=O)(=O)c1ccccc1F. The molecule has 0 aliphatic heterocycles. The minimum absolute atomic E-state index is 0.0794. The summed E-state index contributed by atoms with van der Waals surface area (Å²) in [5.74, 6) is -1.40. The first-order valence-corrected chi connectivity index (χ1v) is 7.26. The number of halogens is 1. The lowest BCUT2D eigenvalue weighted by Crippen LogP contribution is -2.39. The van der Waals surface area contributed by atoms with E-state index < -0.39 is 31.7 Å². The molecule has 4 nitrogen and oxygen atoms in total. The molecule has 0 heterocycles. The summed E-state index contributed by atoms with van der Waals surface area (Å²) < 4.78 is 37.7. The van der Waals surface area contributed by atoms with Crippen LogP contribution in [0.5, 0.6) is 0 Å². The van der Waals surface area contributed by atoms with Gasteiger partial charge in [-0.3, -0.25) is 4.79 Å². The van der Waals surface area contributed by atoms with Crippen LogP contribution in [0.2, 0.25) is 0 Å². The van der Waals surface area contributed by atoms with Gasteiger partial charge in [-0.15, -0.1) is 0 Å². The molecule has 0 aromatic heterocycles. The van der Waals surface area contributed by atoms with Crippen LogP contribution >= 0.6 is 0 Å². The van der Waals surface area contributed by atoms with Crippen LogP contribution in [-0.2, 0) is 14.6 Å². The fraction of sp³-hybridized carbons (Fsp3) is 0.417. The van der Waals surface area contributed by atoms with E-state index in [0.717, 1.165) is 18.9 Å². The van der Waals surface area contributed by atoms with Crippen molar-refractivity contribution in [1.82, 2.24) is 5.32 Å². The maximum Gasteiger partial charge on any atom is 0.238 e. The Morgan fingerprint density at radius 2 is 2.00 bits per heavy atom. The molecule has 6 heteroatoms. The van der Waals surface area contributed by atoms with Crippen molar-refractivity contribution in [2.75, 3.05) is 0 Å². The second-order valence-electron chi connectivity index (χ2n) is 4.40. The number of hydrogen-bond acceptors (Lipinski definition) is 3. The molecular formula is C12H14FNO3S. The van der Waals surface area contributed by atoms with Gasteiger partial charge in [-0.2, -0.15) is 0 Å². The molecule has 1 aliphatic rings. The van der Waals surface area contributed by atoms with Gasteiger partial charge in [0.25, 0.3) is 0 Å². The van der Waals surface area contributed by atoms with Gasteiger partial charge in [0.1, 0.15) is 16.0 Å². The molecule has 1 unspecified atom stereocenters. The van der Waals surface area contributed by atoms with Crippen molar-refractivity contribution in [3.8, 4) is 0 Å². The van der Waals surface area contributed by atoms with Gasteiger partial charge >= 0.3 is 0 Å². The predicted octanol–water partition coefficient (Wildman–Crippen LogP) is 1.27. The van der Waals surface area contributed by atoms with Crippen LogP contribution < -0.4 is 5.32 Å². The highest BCUT2D eigenvalue weighted by Gasteiger charge is 2.34. The molecular weight excluding hydrogens is 257 g/mol. The highest BCUT2D eigenvalue weighted by atomic mass is 32.2. The first-order valence-electron chi connectivity index (χ1n) is 5.71. The summed E-state index contributed by atoms with van der Waals surface area (Å²) in [5.41, 5.74) is 0. The molecule has 0 saturated heterocycles. The van der Waals surface area contributed by atoms with Gasteiger partial charge < -0.3 is 5.32 Å². The largest absolute Gasteiger partial charge is 0.352 e. The lowest BCUT2D eigenvalue weighted by Gasteiger charge is -2.13. The van der Waals surface area contributed by atoms with Gasteiger partial charge in [0, 0.05) is 6.04 Å². The lowest BCUT2D eigenvalue weighted by molar-refractivity contribution is -0.120. The van der Waals surface area contributed by atoms with Crippen LogP contribution in [0.15, 0.2) is 29.2 Å². The topological polar surface area (TPSA) is 63.2 Å². The van der Waals surface area contributed by atoms with E-state index in [0.29, 0.717) is 0 Å². The van der Waals surface area contributed by atoms with Gasteiger partial charge in [-0.05, 0) is 31.9 Å². The average Bonchev–Trinajstić information content (AvgIpc) is 3.12. The molecule has 1 aromatic rings. The highest BCUT2D eigenvalue weighted by Crippen LogP contribution is 2.22. The zero-order chi connectivity index (χ0) is 13.3. The predicted molar refractivity (Wildman–Crippen MR) is 64.2 cm³/mol. The molecule has 2 rings (SSSR count). The molecule has 18 heavy (non-hydrogen) atoms. The van der Waals surface area contributed by atoms with Crippen LogP contribution in [-0.4, -0.2) is 25.6 Å². The number of amides is 1. The Bertz CT molecular complexity index is 566. The van der Waals surface area contributed by atoms with Crippen molar-refractivity contribution < 1.29 is 17.6 Å². The van der Waals surface area contributed by atoms with Gasteiger partial charge in [-0.25, -0.2) is 12.8 Å². The quantitative estimate of drug-likeness (QED) is 0.897. The van der Waals surface area contributed by atoms with Crippen LogP contribution in [0.3, 0.4) is 0 Å². The van der Waals surface area contributed by atoms with Crippen molar-refractivity contribution in [3.05, 3.63) is 30.1 Å². The molecule has 1 N–H and O–H groups in total. The summed E-state index contributed by atoms with van der Waals surface area (Å²) in [4.78, 5) is 11.3. The third-order valence-electron chi connectivity index (χ3n) is 2.90. The van der Waals surface area contributed by atoms with Crippen LogP contribution in [0.4, 0.5) is 4.39 Å². The van der Waals surface area contributed by atoms with Crippen molar-refractivity contribution >= 4 is 15.7 Å². The fourth-order valence-corrected chi connectivity index (χ4v) is 2.89. The molecule has 1 saturated carbocycles. The van der Waals surface area contributed by atoms with E-state index in [2.05, 4.69) is 5.32 Å². The first kappa shape index (κ1) is 13.0. The number of nitrogens with one attached hydrogen (secondary N) is 1. The number of rotatable bonds is 4. The van der Waals surface area contributed by atoms with Gasteiger partial charge in [0.05, 0.1) is 0 Å². The average molecular weight is 271 g/mol. The molecule has 1 aromatic carbocycles. The van der Waals surface area contributed by atoms with E-state index in [1.54, 1.807) is 0 Å². The van der Waals surface area contributed by atoms with Gasteiger partial charge in [-0.1, -0.05) is 12.1 Å². The lowest BCUT2D eigenvalue weighted by atomic mass is 10.3. The Hall–Kier alpha value is -1.43. The normalized spacial score (nSPS) is 17.2. The van der Waals surface area contributed by atoms with E-state index in [-0.39, 0.29) is 6.04 Å². The number of benzene rings is 1. The molecule has 98 valence electrons. The third kappa shape index (κ3) is 2.53. The standard InChI is InChI=1S/C12H14FNO3S/c1-8(12(15)14-9-6-7-9)18(16,17)11-5-3-2-4-10(11)13/h2-5,8-9H,6-7H2,1H3,(H,14,15). The zero-order valence-electron chi connectivity index (χ0n) is 9.89. The van der Waals surface area contributed by atoms with Crippen LogP contribution in [0.1, 0.15) is 19.8 Å². The van der Waals surface area contributed by atoms with Crippen molar-refractivity contribution in [1.29, 1.82) is 0 Å². The van der Waals surface area contributed by atoms with Gasteiger partial charge in [0.2, 0.25) is 5.91 Å². The molecule has 1 fully saturated rings. The minimum Gasteiger partial charge on any atom is -0.352 e. The van der Waals surface area contributed by atoms with Crippen molar-refractivity contribution in [2.24, 2.45) is 0 Å². The number of carbonyl (C=O) groups is 1. The molecule has 0 spiro atoms. The summed E-state index contributed by atoms with van der Waals surface area (Å²) >= 11 is 0. The van der Waals surface area contributed by atoms with Crippen molar-refractivity contribution in [2.45, 2.75) is 36.0 Å². The van der Waals surface area contributed by atoms with E-state index in [9.17, 15) is 17.6 Å². The zero-order valence-corrected chi connectivity index (χ0v) is 10.7. The van der Waals surface area contributed by atoms with Crippen molar-refractivity contribution in [3.63, 3.8) is 0 Å². The van der Waals surface area contributed by atoms with E-state index in [1.807, 2.05) is 0 Å². The molecule has 1 aliphatic carbocycles. The van der Waals surface area contributed by atoms with Crippen LogP contribution in [0, 0.1) is 5.82 Å². The smallest absolute Gasteiger partial charge is 0.238 e. The summed E-state index contributed by atoms with van der Waals surface area (Å²) in [6, 6.07) is 5.16. The second-order valence-corrected chi connectivity index (χ2v) is 6.64. The Morgan fingerprint density at radius 3 is 2.56 bits per heavy atom.